The highest BCUT2D eigenvalue weighted by atomic mass is 32.2. The molecule has 1 heterocycles. The number of hydrogen-bond acceptors (Lipinski definition) is 7. The number of sulfonamides is 1. The zero-order valence-corrected chi connectivity index (χ0v) is 19.8. The highest BCUT2D eigenvalue weighted by Gasteiger charge is 2.27. The zero-order chi connectivity index (χ0) is 23.7. The van der Waals surface area contributed by atoms with Crippen LogP contribution in [0.5, 0.6) is 11.5 Å². The summed E-state index contributed by atoms with van der Waals surface area (Å²) in [4.78, 5) is 15.2. The molecule has 3 rings (SSSR count). The molecule has 0 saturated carbocycles. The lowest BCUT2D eigenvalue weighted by molar-refractivity contribution is -0.122. The van der Waals surface area contributed by atoms with Crippen molar-refractivity contribution in [1.29, 1.82) is 0 Å². The summed E-state index contributed by atoms with van der Waals surface area (Å²) in [5, 5.41) is 2.87. The molecule has 1 atom stereocenters. The number of nitrogens with zero attached hydrogens (tertiary/aromatic N) is 1. The van der Waals surface area contributed by atoms with Crippen LogP contribution in [-0.2, 0) is 26.0 Å². The van der Waals surface area contributed by atoms with Crippen molar-refractivity contribution in [1.82, 2.24) is 14.9 Å². The summed E-state index contributed by atoms with van der Waals surface area (Å²) in [5.41, 5.74) is 0.848. The van der Waals surface area contributed by atoms with Gasteiger partial charge in [0.05, 0.1) is 32.3 Å². The van der Waals surface area contributed by atoms with Gasteiger partial charge in [-0.3, -0.25) is 9.69 Å². The average molecular weight is 478 g/mol. The number of methoxy groups -OCH3 is 2. The molecule has 0 bridgehead atoms. The number of amides is 1. The third-order valence-electron chi connectivity index (χ3n) is 5.39. The second-order valence-electron chi connectivity index (χ2n) is 7.63. The van der Waals surface area contributed by atoms with Gasteiger partial charge >= 0.3 is 0 Å². The fourth-order valence-electron chi connectivity index (χ4n) is 3.56. The summed E-state index contributed by atoms with van der Waals surface area (Å²) in [6.45, 7) is 4.08. The van der Waals surface area contributed by atoms with Crippen LogP contribution in [0.15, 0.2) is 53.4 Å². The van der Waals surface area contributed by atoms with Gasteiger partial charge in [0.2, 0.25) is 15.9 Å². The van der Waals surface area contributed by atoms with Crippen LogP contribution in [0.4, 0.5) is 0 Å². The molecule has 2 aromatic rings. The largest absolute Gasteiger partial charge is 0.493 e. The maximum Gasteiger partial charge on any atom is 0.241 e. The lowest BCUT2D eigenvalue weighted by Crippen LogP contribution is -2.49. The minimum Gasteiger partial charge on any atom is -0.493 e. The average Bonchev–Trinajstić information content (AvgIpc) is 2.84. The minimum absolute atomic E-state index is 0.0145. The van der Waals surface area contributed by atoms with Crippen molar-refractivity contribution in [2.45, 2.75) is 17.4 Å². The fraction of sp³-hybridized carbons (Fsp3) is 0.435. The van der Waals surface area contributed by atoms with Gasteiger partial charge in [-0.25, -0.2) is 8.42 Å². The van der Waals surface area contributed by atoms with Crippen molar-refractivity contribution in [3.63, 3.8) is 0 Å². The Bertz CT molecular complexity index is 1010. The number of ether oxygens (including phenoxy) is 3. The molecule has 1 amide bonds. The van der Waals surface area contributed by atoms with Crippen molar-refractivity contribution < 1.29 is 27.4 Å². The number of nitrogens with one attached hydrogen (secondary N) is 2. The number of benzene rings is 2. The van der Waals surface area contributed by atoms with Crippen LogP contribution in [0.3, 0.4) is 0 Å². The van der Waals surface area contributed by atoms with E-state index in [2.05, 4.69) is 14.9 Å². The summed E-state index contributed by atoms with van der Waals surface area (Å²) in [7, 11) is -1.10. The van der Waals surface area contributed by atoms with Crippen LogP contribution >= 0.6 is 0 Å². The summed E-state index contributed by atoms with van der Waals surface area (Å²) in [5.74, 6) is 0.323. The quantitative estimate of drug-likeness (QED) is 0.498. The van der Waals surface area contributed by atoms with Crippen LogP contribution in [0.25, 0.3) is 0 Å². The van der Waals surface area contributed by atoms with Gasteiger partial charge in [0.1, 0.15) is 6.04 Å². The van der Waals surface area contributed by atoms with E-state index < -0.39 is 16.1 Å². The fourth-order valence-corrected chi connectivity index (χ4v) is 4.77. The molecule has 1 aliphatic rings. The number of morpholine rings is 1. The summed E-state index contributed by atoms with van der Waals surface area (Å²) in [6.07, 6.45) is 0.219. The zero-order valence-electron chi connectivity index (χ0n) is 19.0. The molecule has 2 aromatic carbocycles. The molecule has 0 radical (unpaired) electrons. The molecular formula is C23H31N3O6S. The number of rotatable bonds is 11. The molecule has 33 heavy (non-hydrogen) atoms. The first-order valence-corrected chi connectivity index (χ1v) is 12.3. The predicted molar refractivity (Wildman–Crippen MR) is 124 cm³/mol. The van der Waals surface area contributed by atoms with Gasteiger partial charge in [-0.05, 0) is 24.1 Å². The second kappa shape index (κ2) is 12.0. The van der Waals surface area contributed by atoms with E-state index >= 15 is 0 Å². The maximum atomic E-state index is 13.1. The maximum absolute atomic E-state index is 13.1. The topological polar surface area (TPSA) is 106 Å². The van der Waals surface area contributed by atoms with E-state index in [0.717, 1.165) is 18.7 Å². The molecular weight excluding hydrogens is 446 g/mol. The lowest BCUT2D eigenvalue weighted by atomic mass is 10.1. The molecule has 1 fully saturated rings. The van der Waals surface area contributed by atoms with Crippen molar-refractivity contribution in [3.8, 4) is 11.5 Å². The molecule has 10 heteroatoms. The lowest BCUT2D eigenvalue weighted by Gasteiger charge is -2.27. The van der Waals surface area contributed by atoms with E-state index in [0.29, 0.717) is 32.1 Å². The molecule has 9 nitrogen and oxygen atoms in total. The van der Waals surface area contributed by atoms with Crippen molar-refractivity contribution in [2.75, 3.05) is 53.6 Å². The highest BCUT2D eigenvalue weighted by molar-refractivity contribution is 7.89. The summed E-state index contributed by atoms with van der Waals surface area (Å²) < 4.78 is 44.5. The van der Waals surface area contributed by atoms with Crippen molar-refractivity contribution in [2.24, 2.45) is 0 Å². The van der Waals surface area contributed by atoms with Gasteiger partial charge in [-0.1, -0.05) is 30.3 Å². The first-order valence-electron chi connectivity index (χ1n) is 10.8. The van der Waals surface area contributed by atoms with Crippen molar-refractivity contribution >= 4 is 15.9 Å². The first kappa shape index (κ1) is 25.0. The van der Waals surface area contributed by atoms with E-state index in [-0.39, 0.29) is 23.0 Å². The third kappa shape index (κ3) is 7.16. The Balaban J connectivity index is 1.73. The van der Waals surface area contributed by atoms with E-state index in [1.165, 1.54) is 32.4 Å². The molecule has 0 aromatic heterocycles. The van der Waals surface area contributed by atoms with E-state index in [1.54, 1.807) is 0 Å². The smallest absolute Gasteiger partial charge is 0.241 e. The molecule has 2 N–H and O–H groups in total. The van der Waals surface area contributed by atoms with Crippen molar-refractivity contribution in [3.05, 3.63) is 54.1 Å². The molecule has 1 saturated heterocycles. The van der Waals surface area contributed by atoms with Crippen LogP contribution in [-0.4, -0.2) is 78.9 Å². The van der Waals surface area contributed by atoms with Gasteiger partial charge in [-0.15, -0.1) is 0 Å². The SMILES string of the molecule is COc1ccc(S(=O)(=O)N[C@@H](Cc2ccccc2)C(=O)NCCN2CCOCC2)cc1OC. The summed E-state index contributed by atoms with van der Waals surface area (Å²) in [6, 6.07) is 12.6. The Morgan fingerprint density at radius 1 is 1.06 bits per heavy atom. The Morgan fingerprint density at radius 3 is 2.42 bits per heavy atom. The van der Waals surface area contributed by atoms with Crippen LogP contribution in [0, 0.1) is 0 Å². The van der Waals surface area contributed by atoms with Gasteiger partial charge in [0.15, 0.2) is 11.5 Å². The second-order valence-corrected chi connectivity index (χ2v) is 9.34. The van der Waals surface area contributed by atoms with Gasteiger partial charge in [0.25, 0.3) is 0 Å². The summed E-state index contributed by atoms with van der Waals surface area (Å²) >= 11 is 0. The highest BCUT2D eigenvalue weighted by Crippen LogP contribution is 2.29. The van der Waals surface area contributed by atoms with E-state index in [4.69, 9.17) is 14.2 Å². The molecule has 0 aliphatic carbocycles. The van der Waals surface area contributed by atoms with Crippen LogP contribution < -0.4 is 19.5 Å². The Kier molecular flexibility index (Phi) is 9.07. The Labute approximate surface area is 195 Å². The molecule has 1 aliphatic heterocycles. The normalized spacial score (nSPS) is 15.6. The Hall–Kier alpha value is -2.66. The minimum atomic E-state index is -4.00. The number of carbonyl (C=O) groups is 1. The predicted octanol–water partition coefficient (Wildman–Crippen LogP) is 1.04. The van der Waals surface area contributed by atoms with Crippen LogP contribution in [0.1, 0.15) is 5.56 Å². The molecule has 180 valence electrons. The van der Waals surface area contributed by atoms with E-state index in [1.807, 2.05) is 30.3 Å². The van der Waals surface area contributed by atoms with Gasteiger partial charge < -0.3 is 19.5 Å². The third-order valence-corrected chi connectivity index (χ3v) is 6.86. The first-order chi connectivity index (χ1) is 15.9. The number of hydrogen-bond donors (Lipinski definition) is 2. The standard InChI is InChI=1S/C23H31N3O6S/c1-30-21-9-8-19(17-22(21)31-2)33(28,29)25-20(16-18-6-4-3-5-7-18)23(27)24-10-11-26-12-14-32-15-13-26/h3-9,17,20,25H,10-16H2,1-2H3,(H,24,27)/t20-/m0/s1. The molecule has 0 spiro atoms. The Morgan fingerprint density at radius 2 is 1.76 bits per heavy atom. The monoisotopic (exact) mass is 477 g/mol. The van der Waals surface area contributed by atoms with Gasteiger partial charge in [0, 0.05) is 32.2 Å². The van der Waals surface area contributed by atoms with Crippen LogP contribution in [0.2, 0.25) is 0 Å². The number of carbonyl (C=O) groups excluding carboxylic acids is 1. The van der Waals surface area contributed by atoms with Gasteiger partial charge in [-0.2, -0.15) is 4.72 Å². The van der Waals surface area contributed by atoms with E-state index in [9.17, 15) is 13.2 Å². The molecule has 0 unspecified atom stereocenters.